The second-order valence-electron chi connectivity index (χ2n) is 23.2. The van der Waals surface area contributed by atoms with Crippen LogP contribution in [0.5, 0.6) is 0 Å². The minimum Gasteiger partial charge on any atom is -0.493 e. The number of nitrogens with zero attached hydrogens (tertiary/aromatic N) is 4. The predicted molar refractivity (Wildman–Crippen MR) is 292 cm³/mol. The molecular formula is C54H61B6N4O7Pt-3. The maximum absolute atomic E-state index is 6.87. The van der Waals surface area contributed by atoms with Crippen molar-refractivity contribution in [1.29, 1.82) is 0 Å². The van der Waals surface area contributed by atoms with E-state index in [1.165, 1.54) is 0 Å². The van der Waals surface area contributed by atoms with Crippen LogP contribution in [0.4, 0.5) is 22.7 Å². The van der Waals surface area contributed by atoms with Gasteiger partial charge >= 0.3 is 42.7 Å². The topological polar surface area (TPSA) is 88.9 Å². The summed E-state index contributed by atoms with van der Waals surface area (Å²) in [5.41, 5.74) is 9.11. The Hall–Kier alpha value is -4.55. The van der Waals surface area contributed by atoms with Crippen molar-refractivity contribution in [3.8, 4) is 5.82 Å². The molecule has 0 spiro atoms. The summed E-state index contributed by atoms with van der Waals surface area (Å²) in [5.74, 6) is 0.847. The molecule has 0 unspecified atom stereocenters. The minimum atomic E-state index is -0.804. The average molecular weight is 1140 g/mol. The molecule has 7 aromatic rings. The maximum atomic E-state index is 6.87. The first-order chi connectivity index (χ1) is 33.7. The number of para-hydroxylation sites is 4. The van der Waals surface area contributed by atoms with Crippen LogP contribution in [-0.4, -0.2) is 52.3 Å². The SMILES string of the molecule is CC(C)(C)B1OB(c2cccc(B3OB(C(C)(C)C)OB(C(C)(C)C)O3)c2N2[CH-]N(c3[c-]c(COCc4[c-]c5c(cc4)c4ccccc4n5-c4ccccn4)ccc3)c3ccccc32)OB(C(C)(C)C)O1.[Pt]. The van der Waals surface area contributed by atoms with Crippen molar-refractivity contribution < 1.29 is 53.2 Å². The van der Waals surface area contributed by atoms with Crippen molar-refractivity contribution in [3.63, 3.8) is 0 Å². The van der Waals surface area contributed by atoms with Crippen LogP contribution in [0.1, 0.15) is 94.2 Å². The Bertz CT molecular complexity index is 2940. The van der Waals surface area contributed by atoms with Crippen LogP contribution < -0.4 is 20.7 Å². The van der Waals surface area contributed by atoms with Gasteiger partial charge in [0.05, 0.1) is 0 Å². The number of hydrogen-bond donors (Lipinski definition) is 0. The zero-order valence-corrected chi connectivity index (χ0v) is 45.7. The van der Waals surface area contributed by atoms with E-state index >= 15 is 0 Å². The molecule has 0 atom stereocenters. The van der Waals surface area contributed by atoms with Gasteiger partial charge in [-0.3, -0.25) is 0 Å². The Kier molecular flexibility index (Phi) is 14.7. The van der Waals surface area contributed by atoms with Gasteiger partial charge in [-0.05, 0) is 57.0 Å². The van der Waals surface area contributed by atoms with Crippen LogP contribution in [0.15, 0.2) is 121 Å². The number of pyridine rings is 1. The van der Waals surface area contributed by atoms with E-state index in [0.717, 1.165) is 72.4 Å². The zero-order valence-electron chi connectivity index (χ0n) is 43.5. The number of fused-ring (bicyclic) bond motifs is 4. The van der Waals surface area contributed by atoms with Gasteiger partial charge in [-0.1, -0.05) is 143 Å². The van der Waals surface area contributed by atoms with Crippen LogP contribution in [-0.2, 0) is 66.4 Å². The van der Waals surface area contributed by atoms with E-state index in [2.05, 4.69) is 212 Å². The molecule has 3 aliphatic heterocycles. The number of ether oxygens (including phenoxy) is 1. The summed E-state index contributed by atoms with van der Waals surface area (Å²) in [6.45, 7) is 28.3. The van der Waals surface area contributed by atoms with Gasteiger partial charge in [-0.2, -0.15) is 42.5 Å². The first-order valence-electron chi connectivity index (χ1n) is 24.8. The Balaban J connectivity index is 0.00000640. The quantitative estimate of drug-likeness (QED) is 0.103. The van der Waals surface area contributed by atoms with Crippen LogP contribution in [0.2, 0.25) is 21.3 Å². The molecule has 5 heterocycles. The summed E-state index contributed by atoms with van der Waals surface area (Å²) >= 11 is 0. The second-order valence-corrected chi connectivity index (χ2v) is 23.2. The fourth-order valence-corrected chi connectivity index (χ4v) is 9.25. The molecule has 5 aromatic carbocycles. The Morgan fingerprint density at radius 1 is 0.514 bits per heavy atom. The van der Waals surface area contributed by atoms with Crippen molar-refractivity contribution in [2.45, 2.75) is 118 Å². The molecule has 18 heteroatoms. The second kappa shape index (κ2) is 20.3. The average Bonchev–Trinajstić information content (AvgIpc) is 3.89. The van der Waals surface area contributed by atoms with E-state index in [0.29, 0.717) is 13.2 Å². The maximum Gasteiger partial charge on any atom is 0.468 e. The van der Waals surface area contributed by atoms with Gasteiger partial charge < -0.3 is 46.5 Å². The molecule has 370 valence electrons. The van der Waals surface area contributed by atoms with Crippen molar-refractivity contribution in [2.24, 2.45) is 0 Å². The molecule has 11 nitrogen and oxygen atoms in total. The summed E-state index contributed by atoms with van der Waals surface area (Å²) in [7, 11) is -3.84. The third-order valence-corrected chi connectivity index (χ3v) is 12.9. The Morgan fingerprint density at radius 2 is 1.03 bits per heavy atom. The Labute approximate surface area is 443 Å². The van der Waals surface area contributed by atoms with Gasteiger partial charge in [0, 0.05) is 74.0 Å². The molecule has 0 saturated carbocycles. The summed E-state index contributed by atoms with van der Waals surface area (Å²) in [4.78, 5) is 9.06. The fourth-order valence-electron chi connectivity index (χ4n) is 9.25. The monoisotopic (exact) mass is 1140 g/mol. The van der Waals surface area contributed by atoms with Crippen LogP contribution in [0.3, 0.4) is 0 Å². The van der Waals surface area contributed by atoms with E-state index in [1.807, 2.05) is 30.5 Å². The predicted octanol–water partition coefficient (Wildman–Crippen LogP) is 11.6. The molecule has 3 aliphatic rings. The number of rotatable bonds is 9. The van der Waals surface area contributed by atoms with Crippen molar-refractivity contribution in [2.75, 3.05) is 9.80 Å². The number of hydrogen-bond acceptors (Lipinski definition) is 10. The number of benzene rings is 5. The summed E-state index contributed by atoms with van der Waals surface area (Å²) < 4.78 is 49.2. The summed E-state index contributed by atoms with van der Waals surface area (Å²) in [6.07, 6.45) is 1.82. The van der Waals surface area contributed by atoms with Gasteiger partial charge in [-0.15, -0.1) is 28.9 Å². The smallest absolute Gasteiger partial charge is 0.468 e. The molecule has 0 N–H and O–H groups in total. The minimum absolute atomic E-state index is 0. The van der Waals surface area contributed by atoms with E-state index in [-0.39, 0.29) is 42.3 Å². The summed E-state index contributed by atoms with van der Waals surface area (Å²) in [6, 6.07) is 46.7. The van der Waals surface area contributed by atoms with Crippen LogP contribution in [0, 0.1) is 18.8 Å². The third-order valence-electron chi connectivity index (χ3n) is 12.9. The molecule has 0 amide bonds. The summed E-state index contributed by atoms with van der Waals surface area (Å²) in [5, 5.41) is 0.876. The molecular weight excluding hydrogens is 1080 g/mol. The molecule has 72 heavy (non-hydrogen) atoms. The number of anilines is 4. The number of aromatic nitrogens is 2. The van der Waals surface area contributed by atoms with Crippen molar-refractivity contribution in [3.05, 3.63) is 151 Å². The van der Waals surface area contributed by atoms with E-state index in [1.54, 1.807) is 0 Å². The molecule has 0 radical (unpaired) electrons. The Morgan fingerprint density at radius 3 is 1.58 bits per heavy atom. The van der Waals surface area contributed by atoms with Gasteiger partial charge in [-0.25, -0.2) is 4.98 Å². The van der Waals surface area contributed by atoms with Gasteiger partial charge in [0.25, 0.3) is 0 Å². The molecule has 0 bridgehead atoms. The third kappa shape index (κ3) is 10.6. The molecule has 2 aromatic heterocycles. The van der Waals surface area contributed by atoms with E-state index < -0.39 is 42.7 Å². The molecule has 2 fully saturated rings. The van der Waals surface area contributed by atoms with E-state index in [9.17, 15) is 0 Å². The molecule has 2 saturated heterocycles. The van der Waals surface area contributed by atoms with Gasteiger partial charge in [0.1, 0.15) is 5.82 Å². The first kappa shape index (κ1) is 52.3. The van der Waals surface area contributed by atoms with Crippen LogP contribution in [0.25, 0.3) is 27.6 Å². The van der Waals surface area contributed by atoms with Crippen molar-refractivity contribution in [1.82, 2.24) is 9.55 Å². The van der Waals surface area contributed by atoms with Crippen molar-refractivity contribution >= 4 is 98.2 Å². The van der Waals surface area contributed by atoms with Gasteiger partial charge in [0.2, 0.25) is 0 Å². The normalized spacial score (nSPS) is 16.1. The fraction of sp³-hybridized carbons (Fsp3) is 0.333. The molecule has 10 rings (SSSR count). The van der Waals surface area contributed by atoms with Crippen LogP contribution >= 0.6 is 0 Å². The zero-order chi connectivity index (χ0) is 50.0. The largest absolute Gasteiger partial charge is 0.493 e. The standard InChI is InChI=1S/C54H61B6N4O7.Pt/c1-51(2,3)57-66-55(67-58(70-57)52(4,5)6)43-24-20-25-44(56-68-59(53(7,8)9)71-60(69-56)54(10,11)12)50(43)63-37-62(46-27-15-16-28-47(46)63)40-22-19-21-38(33-40)35-65-36-39-30-31-42-41-23-13-14-26-45(41)64(48(42)34-39)49-29-17-18-32-61-49;/h13-32,37H,35-36H2,1-12H3;/q-3;. The van der Waals surface area contributed by atoms with E-state index in [4.69, 9.17) is 32.2 Å². The first-order valence-corrected chi connectivity index (χ1v) is 24.8. The van der Waals surface area contributed by atoms with Gasteiger partial charge in [0.15, 0.2) is 0 Å². The molecule has 0 aliphatic carbocycles.